The van der Waals surface area contributed by atoms with Crippen molar-refractivity contribution in [1.82, 2.24) is 0 Å². The van der Waals surface area contributed by atoms with Gasteiger partial charge in [-0.05, 0) is 85.9 Å². The van der Waals surface area contributed by atoms with Gasteiger partial charge in [-0.3, -0.25) is 0 Å². The van der Waals surface area contributed by atoms with Crippen molar-refractivity contribution < 1.29 is 25.2 Å². The Morgan fingerprint density at radius 3 is 2.35 bits per heavy atom. The monoisotopic (exact) mass is 477 g/mol. The molecule has 0 heterocycles. The first kappa shape index (κ1) is 26.4. The lowest BCUT2D eigenvalue weighted by molar-refractivity contribution is -0.316. The molecule has 0 aromatic heterocycles. The Kier molecular flexibility index (Phi) is 7.01. The lowest BCUT2D eigenvalue weighted by Gasteiger charge is -2.66. The molecule has 4 rings (SSSR count). The highest BCUT2D eigenvalue weighted by Crippen LogP contribution is 2.69. The van der Waals surface area contributed by atoms with Crippen molar-refractivity contribution in [2.24, 2.45) is 46.3 Å². The second-order valence-corrected chi connectivity index (χ2v) is 14.0. The second-order valence-electron chi connectivity index (χ2n) is 14.0. The first-order chi connectivity index (χ1) is 15.8. The van der Waals surface area contributed by atoms with Gasteiger partial charge in [-0.2, -0.15) is 0 Å². The number of carboxylic acid groups (broad SMARTS) is 1. The Bertz CT molecular complexity index is 768. The summed E-state index contributed by atoms with van der Waals surface area (Å²) in [4.78, 5) is 11.3. The average molecular weight is 478 g/mol. The van der Waals surface area contributed by atoms with E-state index in [-0.39, 0.29) is 6.42 Å². The zero-order valence-corrected chi connectivity index (χ0v) is 22.2. The molecule has 0 amide bonds. The molecule has 10 atom stereocenters. The Balaban J connectivity index is 1.54. The minimum absolute atomic E-state index is 0.0771. The molecule has 4 fully saturated rings. The minimum Gasteiger partial charge on any atom is -0.550 e. The van der Waals surface area contributed by atoms with Gasteiger partial charge in [-0.25, -0.2) is 0 Å². The van der Waals surface area contributed by atoms with Crippen LogP contribution in [0, 0.1) is 46.3 Å². The lowest BCUT2D eigenvalue weighted by Crippen LogP contribution is -2.70. The fourth-order valence-electron chi connectivity index (χ4n) is 9.81. The number of carbonyl (C=O) groups excluding carboxylic acids is 1. The molecule has 0 saturated heterocycles. The third kappa shape index (κ3) is 4.16. The quantitative estimate of drug-likeness (QED) is 0.513. The third-order valence-corrected chi connectivity index (χ3v) is 11.7. The van der Waals surface area contributed by atoms with E-state index in [4.69, 9.17) is 0 Å². The van der Waals surface area contributed by atoms with Crippen molar-refractivity contribution in [3.8, 4) is 0 Å². The summed E-state index contributed by atoms with van der Waals surface area (Å²) >= 11 is 0. The average Bonchev–Trinajstić information content (AvgIpc) is 3.07. The predicted octanol–water partition coefficient (Wildman–Crippen LogP) is 4.06. The highest BCUT2D eigenvalue weighted by molar-refractivity contribution is 5.65. The van der Waals surface area contributed by atoms with Crippen molar-refractivity contribution in [3.63, 3.8) is 0 Å². The van der Waals surface area contributed by atoms with Crippen molar-refractivity contribution >= 4 is 5.97 Å². The van der Waals surface area contributed by atoms with Crippen LogP contribution in [0.15, 0.2) is 0 Å². The number of rotatable bonds is 7. The van der Waals surface area contributed by atoms with Crippen molar-refractivity contribution in [2.75, 3.05) is 0 Å². The maximum Gasteiger partial charge on any atom is 0.0988 e. The molecule has 4 aliphatic rings. The van der Waals surface area contributed by atoms with E-state index in [1.165, 1.54) is 38.5 Å². The van der Waals surface area contributed by atoms with E-state index in [9.17, 15) is 25.2 Å². The van der Waals surface area contributed by atoms with Crippen molar-refractivity contribution in [2.45, 2.75) is 129 Å². The van der Waals surface area contributed by atoms with Crippen LogP contribution >= 0.6 is 0 Å². The highest BCUT2D eigenvalue weighted by atomic mass is 16.4. The van der Waals surface area contributed by atoms with Crippen LogP contribution in [0.25, 0.3) is 0 Å². The number of hydrogen-bond donors (Lipinski definition) is 3. The molecule has 4 saturated carbocycles. The normalized spacial score (nSPS) is 49.3. The molecule has 34 heavy (non-hydrogen) atoms. The van der Waals surface area contributed by atoms with E-state index in [0.29, 0.717) is 42.4 Å². The summed E-state index contributed by atoms with van der Waals surface area (Å²) in [6.07, 6.45) is 8.58. The topological polar surface area (TPSA) is 101 Å². The molecule has 0 aromatic rings. The zero-order chi connectivity index (χ0) is 25.1. The minimum atomic E-state index is -1.51. The molecular weight excluding hydrogens is 428 g/mol. The van der Waals surface area contributed by atoms with Crippen LogP contribution in [0.4, 0.5) is 0 Å². The molecule has 0 bridgehead atoms. The van der Waals surface area contributed by atoms with Gasteiger partial charge < -0.3 is 25.2 Å². The van der Waals surface area contributed by atoms with Gasteiger partial charge >= 0.3 is 0 Å². The van der Waals surface area contributed by atoms with Gasteiger partial charge in [-0.15, -0.1) is 0 Å². The Hall–Kier alpha value is -0.650. The molecule has 0 spiro atoms. The Labute approximate surface area is 206 Å². The summed E-state index contributed by atoms with van der Waals surface area (Å²) in [6.45, 7) is 11.7. The number of aliphatic hydroxyl groups is 3. The summed E-state index contributed by atoms with van der Waals surface area (Å²) in [5.41, 5.74) is -3.16. The van der Waals surface area contributed by atoms with E-state index in [1.54, 1.807) is 0 Å². The summed E-state index contributed by atoms with van der Waals surface area (Å²) in [7, 11) is 0. The number of fused-ring (bicyclic) bond motifs is 5. The molecule has 196 valence electrons. The smallest absolute Gasteiger partial charge is 0.0988 e. The van der Waals surface area contributed by atoms with E-state index >= 15 is 0 Å². The Morgan fingerprint density at radius 1 is 1.00 bits per heavy atom. The first-order valence-corrected chi connectivity index (χ1v) is 14.1. The van der Waals surface area contributed by atoms with E-state index in [2.05, 4.69) is 34.6 Å². The Morgan fingerprint density at radius 2 is 1.71 bits per heavy atom. The number of carbonyl (C=O) groups is 1. The van der Waals surface area contributed by atoms with Crippen LogP contribution in [0.5, 0.6) is 0 Å². The van der Waals surface area contributed by atoms with E-state index in [1.807, 2.05) is 0 Å². The number of aliphatic hydroxyl groups excluding tert-OH is 1. The highest BCUT2D eigenvalue weighted by Gasteiger charge is 2.69. The van der Waals surface area contributed by atoms with Gasteiger partial charge in [0.1, 0.15) is 0 Å². The van der Waals surface area contributed by atoms with Gasteiger partial charge in [-0.1, -0.05) is 53.9 Å². The zero-order valence-electron chi connectivity index (χ0n) is 22.2. The van der Waals surface area contributed by atoms with E-state index in [0.717, 1.165) is 24.2 Å². The van der Waals surface area contributed by atoms with Crippen LogP contribution in [-0.4, -0.2) is 38.6 Å². The molecule has 0 radical (unpaired) electrons. The second kappa shape index (κ2) is 9.03. The number of carboxylic acids is 1. The molecule has 3 N–H and O–H groups in total. The number of aliphatic carboxylic acids is 1. The van der Waals surface area contributed by atoms with Crippen LogP contribution in [0.2, 0.25) is 0 Å². The van der Waals surface area contributed by atoms with Gasteiger partial charge in [0.05, 0.1) is 17.3 Å². The SMILES string of the molecule is CC(C)CCC[C@@H](C)[C@H]1CC[C@H]2[C@@H]3CC(O)[C@@]4(O)C[C@](O)(CC(=O)[O-])CC[C@]4(C)[C@H]3CC[C@]12C. The number of hydrogen-bond acceptors (Lipinski definition) is 5. The summed E-state index contributed by atoms with van der Waals surface area (Å²) in [5.74, 6) is 2.18. The van der Waals surface area contributed by atoms with Gasteiger partial charge in [0, 0.05) is 24.2 Å². The molecule has 1 unspecified atom stereocenters. The molecule has 0 aliphatic heterocycles. The molecular formula is C29H49O5-. The summed E-state index contributed by atoms with van der Waals surface area (Å²) in [6, 6.07) is 0. The largest absolute Gasteiger partial charge is 0.550 e. The fraction of sp³-hybridized carbons (Fsp3) is 0.966. The molecule has 4 aliphatic carbocycles. The van der Waals surface area contributed by atoms with Crippen molar-refractivity contribution in [1.29, 1.82) is 0 Å². The lowest BCUT2D eigenvalue weighted by atomic mass is 9.41. The predicted molar refractivity (Wildman–Crippen MR) is 130 cm³/mol. The fourth-order valence-corrected chi connectivity index (χ4v) is 9.81. The molecule has 5 heteroatoms. The van der Waals surface area contributed by atoms with E-state index < -0.39 is 35.1 Å². The van der Waals surface area contributed by atoms with Crippen LogP contribution < -0.4 is 5.11 Å². The van der Waals surface area contributed by atoms with Crippen LogP contribution in [0.3, 0.4) is 0 Å². The molecule has 5 nitrogen and oxygen atoms in total. The maximum absolute atomic E-state index is 11.9. The van der Waals surface area contributed by atoms with Gasteiger partial charge in [0.2, 0.25) is 0 Å². The van der Waals surface area contributed by atoms with Gasteiger partial charge in [0.15, 0.2) is 0 Å². The summed E-state index contributed by atoms with van der Waals surface area (Å²) in [5, 5.41) is 45.5. The van der Waals surface area contributed by atoms with Gasteiger partial charge in [0.25, 0.3) is 0 Å². The van der Waals surface area contributed by atoms with Crippen LogP contribution in [-0.2, 0) is 4.79 Å². The third-order valence-electron chi connectivity index (χ3n) is 11.7. The maximum atomic E-state index is 11.9. The van der Waals surface area contributed by atoms with Crippen molar-refractivity contribution in [3.05, 3.63) is 0 Å². The standard InChI is InChI=1S/C29H50O5/c1-18(2)7-6-8-19(3)21-9-10-22-20-15-24(30)29(34)17-28(33,16-25(31)32)14-13-27(29,5)23(20)11-12-26(21,22)4/h18-24,30,33-34H,6-17H2,1-5H3,(H,31,32)/p-1/t19-,20+,21-,22+,23+,24?,26-,27-,28-,29+/m1/s1. The summed E-state index contributed by atoms with van der Waals surface area (Å²) < 4.78 is 0. The molecule has 0 aromatic carbocycles. The first-order valence-electron chi connectivity index (χ1n) is 14.1. The van der Waals surface area contributed by atoms with Crippen LogP contribution in [0.1, 0.15) is 112 Å².